The molecular formula is C9H15NO. The molecule has 2 atom stereocenters. The molecule has 1 rings (SSSR count). The Labute approximate surface area is 68.2 Å². The van der Waals surface area contributed by atoms with Gasteiger partial charge in [-0.15, -0.1) is 0 Å². The Bertz CT molecular complexity index is 173. The molecule has 0 heterocycles. The molecule has 0 aliphatic heterocycles. The van der Waals surface area contributed by atoms with Crippen LogP contribution in [-0.2, 0) is 4.74 Å². The van der Waals surface area contributed by atoms with E-state index in [1.165, 1.54) is 6.42 Å². The smallest absolute Gasteiger partial charge is 0.154 e. The van der Waals surface area contributed by atoms with Gasteiger partial charge in [-0.1, -0.05) is 13.3 Å². The molecule has 0 aromatic heterocycles. The van der Waals surface area contributed by atoms with Crippen LogP contribution in [0.2, 0.25) is 0 Å². The van der Waals surface area contributed by atoms with Crippen LogP contribution >= 0.6 is 0 Å². The molecule has 2 unspecified atom stereocenters. The van der Waals surface area contributed by atoms with Gasteiger partial charge >= 0.3 is 0 Å². The maximum atomic E-state index is 8.88. The lowest BCUT2D eigenvalue weighted by molar-refractivity contribution is -0.00616. The number of hydrogen-bond donors (Lipinski definition) is 0. The van der Waals surface area contributed by atoms with Crippen LogP contribution in [0.1, 0.15) is 32.6 Å². The van der Waals surface area contributed by atoms with Crippen molar-refractivity contribution in [1.29, 1.82) is 5.26 Å². The maximum absolute atomic E-state index is 8.88. The number of hydrogen-bond acceptors (Lipinski definition) is 2. The Hall–Kier alpha value is -0.550. The van der Waals surface area contributed by atoms with Gasteiger partial charge in [-0.3, -0.25) is 0 Å². The highest BCUT2D eigenvalue weighted by atomic mass is 16.5. The Morgan fingerprint density at radius 2 is 2.36 bits per heavy atom. The molecule has 0 aromatic rings. The van der Waals surface area contributed by atoms with E-state index in [-0.39, 0.29) is 0 Å². The lowest BCUT2D eigenvalue weighted by atomic mass is 9.80. The van der Waals surface area contributed by atoms with E-state index in [2.05, 4.69) is 13.0 Å². The number of methoxy groups -OCH3 is 1. The summed E-state index contributed by atoms with van der Waals surface area (Å²) in [5.41, 5.74) is -0.461. The number of ether oxygens (including phenoxy) is 1. The Balaban J connectivity index is 2.62. The maximum Gasteiger partial charge on any atom is 0.154 e. The molecule has 2 nitrogen and oxygen atoms in total. The summed E-state index contributed by atoms with van der Waals surface area (Å²) in [6.45, 7) is 2.18. The van der Waals surface area contributed by atoms with Gasteiger partial charge in [0.25, 0.3) is 0 Å². The van der Waals surface area contributed by atoms with Crippen molar-refractivity contribution in [3.63, 3.8) is 0 Å². The number of rotatable bonds is 1. The average Bonchev–Trinajstić information content (AvgIpc) is 2.04. The average molecular weight is 153 g/mol. The van der Waals surface area contributed by atoms with E-state index < -0.39 is 5.60 Å². The topological polar surface area (TPSA) is 33.0 Å². The summed E-state index contributed by atoms with van der Waals surface area (Å²) >= 11 is 0. The first-order valence-electron chi connectivity index (χ1n) is 4.19. The highest BCUT2D eigenvalue weighted by Gasteiger charge is 2.34. The molecule has 1 aliphatic rings. The lowest BCUT2D eigenvalue weighted by Crippen LogP contribution is -2.34. The van der Waals surface area contributed by atoms with Crippen LogP contribution in [0.5, 0.6) is 0 Å². The summed E-state index contributed by atoms with van der Waals surface area (Å²) in [6, 6.07) is 2.28. The van der Waals surface area contributed by atoms with E-state index in [1.807, 2.05) is 0 Å². The Morgan fingerprint density at radius 3 is 2.73 bits per heavy atom. The lowest BCUT2D eigenvalue weighted by Gasteiger charge is -2.32. The van der Waals surface area contributed by atoms with E-state index in [4.69, 9.17) is 10.00 Å². The summed E-state index contributed by atoms with van der Waals surface area (Å²) in [7, 11) is 1.64. The molecule has 11 heavy (non-hydrogen) atoms. The quantitative estimate of drug-likeness (QED) is 0.578. The molecule has 62 valence electrons. The van der Waals surface area contributed by atoms with Crippen molar-refractivity contribution in [2.45, 2.75) is 38.2 Å². The molecule has 0 N–H and O–H groups in total. The Kier molecular flexibility index (Phi) is 2.51. The molecule has 0 amide bonds. The third-order valence-corrected chi connectivity index (χ3v) is 2.55. The largest absolute Gasteiger partial charge is 0.363 e. The van der Waals surface area contributed by atoms with Gasteiger partial charge in [0.05, 0.1) is 6.07 Å². The van der Waals surface area contributed by atoms with E-state index >= 15 is 0 Å². The zero-order valence-corrected chi connectivity index (χ0v) is 7.26. The molecule has 0 bridgehead atoms. The summed E-state index contributed by atoms with van der Waals surface area (Å²) in [5.74, 6) is 0.642. The van der Waals surface area contributed by atoms with Gasteiger partial charge < -0.3 is 4.74 Å². The second kappa shape index (κ2) is 3.23. The van der Waals surface area contributed by atoms with Gasteiger partial charge in [0.1, 0.15) is 0 Å². The van der Waals surface area contributed by atoms with Gasteiger partial charge in [0.15, 0.2) is 5.60 Å². The zero-order valence-electron chi connectivity index (χ0n) is 7.26. The van der Waals surface area contributed by atoms with Crippen molar-refractivity contribution in [2.75, 3.05) is 7.11 Å². The second-order valence-electron chi connectivity index (χ2n) is 3.51. The molecule has 0 saturated heterocycles. The van der Waals surface area contributed by atoms with Crippen LogP contribution in [0.3, 0.4) is 0 Å². The van der Waals surface area contributed by atoms with Crippen molar-refractivity contribution in [3.05, 3.63) is 0 Å². The minimum Gasteiger partial charge on any atom is -0.363 e. The van der Waals surface area contributed by atoms with Gasteiger partial charge in [-0.05, 0) is 25.2 Å². The fraction of sp³-hybridized carbons (Fsp3) is 0.889. The Morgan fingerprint density at radius 1 is 1.64 bits per heavy atom. The first-order chi connectivity index (χ1) is 5.22. The monoisotopic (exact) mass is 153 g/mol. The van der Waals surface area contributed by atoms with Crippen molar-refractivity contribution < 1.29 is 4.74 Å². The molecule has 1 aliphatic carbocycles. The molecule has 0 spiro atoms. The van der Waals surface area contributed by atoms with Gasteiger partial charge in [0, 0.05) is 7.11 Å². The predicted molar refractivity (Wildman–Crippen MR) is 43.0 cm³/mol. The first-order valence-corrected chi connectivity index (χ1v) is 4.19. The van der Waals surface area contributed by atoms with Crippen LogP contribution in [0.25, 0.3) is 0 Å². The standard InChI is InChI=1S/C9H15NO/c1-8-4-3-5-9(6-8,7-10)11-2/h8H,3-6H2,1-2H3. The van der Waals surface area contributed by atoms with Crippen molar-refractivity contribution >= 4 is 0 Å². The molecular weight excluding hydrogens is 138 g/mol. The fourth-order valence-corrected chi connectivity index (χ4v) is 1.84. The minimum absolute atomic E-state index is 0.461. The van der Waals surface area contributed by atoms with E-state index in [1.54, 1.807) is 7.11 Å². The molecule has 1 fully saturated rings. The molecule has 0 aromatic carbocycles. The van der Waals surface area contributed by atoms with Crippen LogP contribution < -0.4 is 0 Å². The summed E-state index contributed by atoms with van der Waals surface area (Å²) in [4.78, 5) is 0. The summed E-state index contributed by atoms with van der Waals surface area (Å²) in [5, 5.41) is 8.88. The third-order valence-electron chi connectivity index (χ3n) is 2.55. The van der Waals surface area contributed by atoms with Gasteiger partial charge in [-0.25, -0.2) is 0 Å². The molecule has 1 saturated carbocycles. The van der Waals surface area contributed by atoms with Crippen molar-refractivity contribution in [1.82, 2.24) is 0 Å². The second-order valence-corrected chi connectivity index (χ2v) is 3.51. The fourth-order valence-electron chi connectivity index (χ4n) is 1.84. The highest BCUT2D eigenvalue weighted by molar-refractivity contribution is 5.04. The van der Waals surface area contributed by atoms with Gasteiger partial charge in [-0.2, -0.15) is 5.26 Å². The van der Waals surface area contributed by atoms with Crippen LogP contribution in [0.15, 0.2) is 0 Å². The van der Waals surface area contributed by atoms with Crippen molar-refractivity contribution in [3.8, 4) is 6.07 Å². The SMILES string of the molecule is COC1(C#N)CCCC(C)C1. The highest BCUT2D eigenvalue weighted by Crippen LogP contribution is 2.33. The molecule has 2 heteroatoms. The van der Waals surface area contributed by atoms with Gasteiger partial charge in [0.2, 0.25) is 0 Å². The zero-order chi connectivity index (χ0) is 8.32. The number of nitriles is 1. The molecule has 0 radical (unpaired) electrons. The van der Waals surface area contributed by atoms with E-state index in [9.17, 15) is 0 Å². The predicted octanol–water partition coefficient (Wildman–Crippen LogP) is 2.11. The van der Waals surface area contributed by atoms with Crippen LogP contribution in [-0.4, -0.2) is 12.7 Å². The van der Waals surface area contributed by atoms with E-state index in [0.717, 1.165) is 19.3 Å². The van der Waals surface area contributed by atoms with Crippen LogP contribution in [0.4, 0.5) is 0 Å². The normalized spacial score (nSPS) is 38.1. The number of nitrogens with zero attached hydrogens (tertiary/aromatic N) is 1. The minimum atomic E-state index is -0.461. The summed E-state index contributed by atoms with van der Waals surface area (Å²) < 4.78 is 5.24. The van der Waals surface area contributed by atoms with E-state index in [0.29, 0.717) is 5.92 Å². The van der Waals surface area contributed by atoms with Crippen molar-refractivity contribution in [2.24, 2.45) is 5.92 Å². The van der Waals surface area contributed by atoms with Crippen LogP contribution in [0, 0.1) is 17.2 Å². The third kappa shape index (κ3) is 1.72. The first kappa shape index (κ1) is 8.55. The summed E-state index contributed by atoms with van der Waals surface area (Å²) in [6.07, 6.45) is 4.18.